The highest BCUT2D eigenvalue weighted by Gasteiger charge is 2.35. The zero-order valence-corrected chi connectivity index (χ0v) is 11.6. The fourth-order valence-corrected chi connectivity index (χ4v) is 3.12. The van der Waals surface area contributed by atoms with E-state index in [1.54, 1.807) is 0 Å². The van der Waals surface area contributed by atoms with Crippen molar-refractivity contribution in [3.63, 3.8) is 0 Å². The lowest BCUT2D eigenvalue weighted by atomic mass is 9.92. The van der Waals surface area contributed by atoms with Crippen LogP contribution in [-0.2, 0) is 4.74 Å². The highest BCUT2D eigenvalue weighted by atomic mass is 16.5. The van der Waals surface area contributed by atoms with Gasteiger partial charge in [0.05, 0.1) is 6.61 Å². The van der Waals surface area contributed by atoms with E-state index < -0.39 is 0 Å². The van der Waals surface area contributed by atoms with E-state index in [-0.39, 0.29) is 0 Å². The Morgan fingerprint density at radius 3 is 2.76 bits per heavy atom. The van der Waals surface area contributed by atoms with E-state index in [2.05, 4.69) is 31.0 Å². The van der Waals surface area contributed by atoms with Gasteiger partial charge >= 0.3 is 0 Å². The van der Waals surface area contributed by atoms with Gasteiger partial charge in [0.15, 0.2) is 0 Å². The van der Waals surface area contributed by atoms with Crippen molar-refractivity contribution < 1.29 is 4.74 Å². The third-order valence-corrected chi connectivity index (χ3v) is 4.37. The van der Waals surface area contributed by atoms with Gasteiger partial charge in [-0.15, -0.1) is 0 Å². The second-order valence-electron chi connectivity index (χ2n) is 5.92. The first-order chi connectivity index (χ1) is 8.20. The number of rotatable bonds is 6. The first-order valence-electron chi connectivity index (χ1n) is 7.26. The van der Waals surface area contributed by atoms with E-state index in [9.17, 15) is 0 Å². The summed E-state index contributed by atoms with van der Waals surface area (Å²) in [7, 11) is 0. The number of nitrogens with zero attached hydrogens (tertiary/aromatic N) is 1. The van der Waals surface area contributed by atoms with Gasteiger partial charge in [-0.3, -0.25) is 0 Å². The van der Waals surface area contributed by atoms with Gasteiger partial charge in [-0.2, -0.15) is 0 Å². The van der Waals surface area contributed by atoms with Crippen LogP contribution in [0.4, 0.5) is 0 Å². The van der Waals surface area contributed by atoms with Crippen molar-refractivity contribution in [2.24, 2.45) is 11.8 Å². The molecule has 2 aliphatic heterocycles. The standard InChI is InChI=1S/C14H28N2O/c1-4-17-10-14(11(2)3)15-13-6-8-16-7-5-12(13)9-16/h11-15H,4-10H2,1-3H3. The molecule has 0 aromatic carbocycles. The summed E-state index contributed by atoms with van der Waals surface area (Å²) in [5, 5.41) is 3.87. The lowest BCUT2D eigenvalue weighted by Gasteiger charge is -2.35. The molecule has 0 aliphatic carbocycles. The van der Waals surface area contributed by atoms with Crippen LogP contribution in [-0.4, -0.2) is 49.8 Å². The smallest absolute Gasteiger partial charge is 0.0622 e. The average molecular weight is 240 g/mol. The molecular formula is C14H28N2O. The van der Waals surface area contributed by atoms with Gasteiger partial charge in [0.2, 0.25) is 0 Å². The van der Waals surface area contributed by atoms with Gasteiger partial charge in [0, 0.05) is 25.2 Å². The summed E-state index contributed by atoms with van der Waals surface area (Å²) in [5.74, 6) is 1.53. The molecule has 4 atom stereocenters. The molecule has 0 radical (unpaired) electrons. The van der Waals surface area contributed by atoms with Gasteiger partial charge in [-0.25, -0.2) is 0 Å². The normalized spacial score (nSPS) is 34.2. The third-order valence-electron chi connectivity index (χ3n) is 4.37. The van der Waals surface area contributed by atoms with Gasteiger partial charge in [0.1, 0.15) is 0 Å². The van der Waals surface area contributed by atoms with Gasteiger partial charge in [-0.05, 0) is 44.7 Å². The maximum absolute atomic E-state index is 5.60. The van der Waals surface area contributed by atoms with Crippen LogP contribution < -0.4 is 5.32 Å². The molecule has 2 heterocycles. The molecule has 2 bridgehead atoms. The summed E-state index contributed by atoms with van der Waals surface area (Å²) in [6, 6.07) is 1.24. The fourth-order valence-electron chi connectivity index (χ4n) is 3.12. The second-order valence-corrected chi connectivity index (χ2v) is 5.92. The van der Waals surface area contributed by atoms with E-state index >= 15 is 0 Å². The van der Waals surface area contributed by atoms with Crippen LogP contribution in [0.5, 0.6) is 0 Å². The number of piperidine rings is 1. The summed E-state index contributed by atoms with van der Waals surface area (Å²) >= 11 is 0. The summed E-state index contributed by atoms with van der Waals surface area (Å²) < 4.78 is 5.60. The summed E-state index contributed by atoms with van der Waals surface area (Å²) in [4.78, 5) is 2.61. The Balaban J connectivity index is 1.84. The number of hydrogen-bond donors (Lipinski definition) is 1. The molecule has 4 unspecified atom stereocenters. The zero-order valence-electron chi connectivity index (χ0n) is 11.6. The quantitative estimate of drug-likeness (QED) is 0.765. The predicted octanol–water partition coefficient (Wildman–Crippen LogP) is 1.73. The van der Waals surface area contributed by atoms with Crippen LogP contribution >= 0.6 is 0 Å². The summed E-state index contributed by atoms with van der Waals surface area (Å²) in [6.45, 7) is 12.3. The minimum atomic E-state index is 0.520. The second kappa shape index (κ2) is 6.17. The minimum absolute atomic E-state index is 0.520. The van der Waals surface area contributed by atoms with Crippen molar-refractivity contribution in [2.75, 3.05) is 32.8 Å². The Morgan fingerprint density at radius 1 is 1.29 bits per heavy atom. The van der Waals surface area contributed by atoms with Gasteiger partial charge < -0.3 is 15.0 Å². The van der Waals surface area contributed by atoms with Gasteiger partial charge in [-0.1, -0.05) is 13.8 Å². The number of ether oxygens (including phenoxy) is 1. The van der Waals surface area contributed by atoms with Crippen LogP contribution in [0.3, 0.4) is 0 Å². The van der Waals surface area contributed by atoms with Crippen molar-refractivity contribution in [3.05, 3.63) is 0 Å². The molecule has 2 fully saturated rings. The molecule has 0 saturated carbocycles. The molecule has 2 aliphatic rings. The molecular weight excluding hydrogens is 212 g/mol. The Kier molecular flexibility index (Phi) is 4.83. The molecule has 2 saturated heterocycles. The molecule has 0 amide bonds. The Morgan fingerprint density at radius 2 is 2.06 bits per heavy atom. The lowest BCUT2D eigenvalue weighted by molar-refractivity contribution is 0.0930. The van der Waals surface area contributed by atoms with E-state index in [1.165, 1.54) is 32.5 Å². The molecule has 2 rings (SSSR count). The fraction of sp³-hybridized carbons (Fsp3) is 1.00. The monoisotopic (exact) mass is 240 g/mol. The maximum Gasteiger partial charge on any atom is 0.0622 e. The Labute approximate surface area is 106 Å². The lowest BCUT2D eigenvalue weighted by Crippen LogP contribution is -2.51. The number of nitrogens with one attached hydrogen (secondary N) is 1. The molecule has 0 aromatic heterocycles. The van der Waals surface area contributed by atoms with Crippen molar-refractivity contribution in [3.8, 4) is 0 Å². The topological polar surface area (TPSA) is 24.5 Å². The average Bonchev–Trinajstić information content (AvgIpc) is 2.70. The summed E-state index contributed by atoms with van der Waals surface area (Å²) in [5.41, 5.74) is 0. The van der Waals surface area contributed by atoms with Crippen molar-refractivity contribution >= 4 is 0 Å². The molecule has 17 heavy (non-hydrogen) atoms. The zero-order chi connectivity index (χ0) is 12.3. The molecule has 0 spiro atoms. The maximum atomic E-state index is 5.60. The molecule has 3 heteroatoms. The van der Waals surface area contributed by atoms with Crippen LogP contribution in [0, 0.1) is 11.8 Å². The SMILES string of the molecule is CCOCC(NC1CCN2CCC1C2)C(C)C. The number of hydrogen-bond acceptors (Lipinski definition) is 3. The van der Waals surface area contributed by atoms with Gasteiger partial charge in [0.25, 0.3) is 0 Å². The Hall–Kier alpha value is -0.120. The molecule has 100 valence electrons. The van der Waals surface area contributed by atoms with Crippen molar-refractivity contribution in [1.29, 1.82) is 0 Å². The first-order valence-corrected chi connectivity index (χ1v) is 7.26. The predicted molar refractivity (Wildman–Crippen MR) is 71.2 cm³/mol. The first kappa shape index (κ1) is 13.3. The highest BCUT2D eigenvalue weighted by molar-refractivity contribution is 4.92. The highest BCUT2D eigenvalue weighted by Crippen LogP contribution is 2.27. The van der Waals surface area contributed by atoms with Crippen LogP contribution in [0.1, 0.15) is 33.6 Å². The van der Waals surface area contributed by atoms with E-state index in [0.29, 0.717) is 12.0 Å². The van der Waals surface area contributed by atoms with Crippen LogP contribution in [0.15, 0.2) is 0 Å². The van der Waals surface area contributed by atoms with Crippen LogP contribution in [0.25, 0.3) is 0 Å². The minimum Gasteiger partial charge on any atom is -0.380 e. The Bertz CT molecular complexity index is 232. The summed E-state index contributed by atoms with van der Waals surface area (Å²) in [6.07, 6.45) is 2.71. The van der Waals surface area contributed by atoms with E-state index in [0.717, 1.165) is 25.2 Å². The van der Waals surface area contributed by atoms with E-state index in [4.69, 9.17) is 4.74 Å². The van der Waals surface area contributed by atoms with Crippen LogP contribution in [0.2, 0.25) is 0 Å². The van der Waals surface area contributed by atoms with Crippen molar-refractivity contribution in [1.82, 2.24) is 10.2 Å². The third kappa shape index (κ3) is 3.43. The molecule has 0 aromatic rings. The largest absolute Gasteiger partial charge is 0.380 e. The molecule has 3 nitrogen and oxygen atoms in total. The van der Waals surface area contributed by atoms with Crippen molar-refractivity contribution in [2.45, 2.75) is 45.7 Å². The number of fused-ring (bicyclic) bond motifs is 2. The van der Waals surface area contributed by atoms with E-state index in [1.807, 2.05) is 0 Å². The molecule has 1 N–H and O–H groups in total.